The van der Waals surface area contributed by atoms with E-state index in [0.29, 0.717) is 0 Å². The first-order valence-corrected chi connectivity index (χ1v) is 9.71. The van der Waals surface area contributed by atoms with Gasteiger partial charge in [0.05, 0.1) is 0 Å². The minimum atomic E-state index is -0.457. The summed E-state index contributed by atoms with van der Waals surface area (Å²) in [5.74, 6) is 0. The lowest BCUT2D eigenvalue weighted by Gasteiger charge is -2.29. The van der Waals surface area contributed by atoms with Crippen LogP contribution in [0, 0.1) is 0 Å². The highest BCUT2D eigenvalue weighted by Crippen LogP contribution is 2.61. The molecule has 2 aromatic rings. The normalized spacial score (nSPS) is 12.9. The quantitative estimate of drug-likeness (QED) is 0.266. The van der Waals surface area contributed by atoms with Crippen LogP contribution >= 0.6 is 91.4 Å². The summed E-state index contributed by atoms with van der Waals surface area (Å²) in [7, 11) is 0. The van der Waals surface area contributed by atoms with Gasteiger partial charge in [0, 0.05) is 4.90 Å². The van der Waals surface area contributed by atoms with E-state index in [-0.39, 0.29) is 0 Å². The molecule has 0 atom stereocenters. The second-order valence-electron chi connectivity index (χ2n) is 3.59. The monoisotopic (exact) mass is 578 g/mol. The summed E-state index contributed by atoms with van der Waals surface area (Å²) in [6.07, 6.45) is 0. The average Bonchev–Trinajstić information content (AvgIpc) is 2.27. The van der Waals surface area contributed by atoms with Gasteiger partial charge in [-0.3, -0.25) is 0 Å². The number of hydrogen-bond donors (Lipinski definition) is 0. The standard InChI is InChI=1S/C12H7Br5S/c13-11(14,15)12(16,17)18-10-7-3-5-8-4-1-2-6-9(8)10/h1-7H. The molecule has 0 aliphatic carbocycles. The fourth-order valence-electron chi connectivity index (χ4n) is 1.48. The summed E-state index contributed by atoms with van der Waals surface area (Å²) in [5.41, 5.74) is 0. The van der Waals surface area contributed by atoms with E-state index in [2.05, 4.69) is 122 Å². The summed E-state index contributed by atoms with van der Waals surface area (Å²) in [6, 6.07) is 14.7. The number of thioether (sulfide) groups is 1. The molecule has 0 unspecified atom stereocenters. The zero-order valence-corrected chi connectivity index (χ0v) is 17.6. The highest BCUT2D eigenvalue weighted by molar-refractivity contribution is 9.42. The zero-order chi connectivity index (χ0) is 13.4. The van der Waals surface area contributed by atoms with Gasteiger partial charge in [-0.1, -0.05) is 128 Å². The number of rotatable bonds is 2. The molecule has 0 N–H and O–H groups in total. The minimum absolute atomic E-state index is 0.420. The molecule has 0 spiro atoms. The van der Waals surface area contributed by atoms with Crippen LogP contribution in [0.5, 0.6) is 0 Å². The Labute approximate surface area is 152 Å². The Hall–Kier alpha value is 1.45. The summed E-state index contributed by atoms with van der Waals surface area (Å²) >= 11 is 19.6. The molecule has 0 fully saturated rings. The van der Waals surface area contributed by atoms with Crippen LogP contribution < -0.4 is 0 Å². The molecule has 6 heteroatoms. The first-order valence-electron chi connectivity index (χ1n) is 4.92. The van der Waals surface area contributed by atoms with E-state index in [1.165, 1.54) is 15.7 Å². The Morgan fingerprint density at radius 3 is 2.06 bits per heavy atom. The highest BCUT2D eigenvalue weighted by atomic mass is 80.0. The van der Waals surface area contributed by atoms with E-state index in [4.69, 9.17) is 0 Å². The molecular formula is C12H7Br5S. The number of hydrogen-bond acceptors (Lipinski definition) is 1. The fraction of sp³-hybridized carbons (Fsp3) is 0.167. The summed E-state index contributed by atoms with van der Waals surface area (Å²) in [4.78, 5) is 1.20. The van der Waals surface area contributed by atoms with Crippen LogP contribution in [0.1, 0.15) is 0 Å². The van der Waals surface area contributed by atoms with Crippen LogP contribution in [0.25, 0.3) is 10.8 Å². The lowest BCUT2D eigenvalue weighted by atomic mass is 10.1. The van der Waals surface area contributed by atoms with Crippen molar-refractivity contribution in [1.82, 2.24) is 0 Å². The number of alkyl halides is 5. The summed E-state index contributed by atoms with van der Waals surface area (Å²) < 4.78 is -0.876. The van der Waals surface area contributed by atoms with Crippen molar-refractivity contribution in [2.45, 2.75) is 9.60 Å². The first kappa shape index (κ1) is 15.8. The number of fused-ring (bicyclic) bond motifs is 1. The van der Waals surface area contributed by atoms with Crippen molar-refractivity contribution < 1.29 is 0 Å². The molecule has 0 amide bonds. The van der Waals surface area contributed by atoms with Gasteiger partial charge in [0.25, 0.3) is 0 Å². The maximum Gasteiger partial charge on any atom is 0.169 e. The number of halogens is 5. The predicted molar refractivity (Wildman–Crippen MR) is 99.9 cm³/mol. The van der Waals surface area contributed by atoms with Crippen LogP contribution in [0.15, 0.2) is 47.4 Å². The lowest BCUT2D eigenvalue weighted by Crippen LogP contribution is -2.23. The van der Waals surface area contributed by atoms with Crippen LogP contribution in [0.2, 0.25) is 0 Å². The van der Waals surface area contributed by atoms with E-state index in [9.17, 15) is 0 Å². The Balaban J connectivity index is 2.44. The van der Waals surface area contributed by atoms with Gasteiger partial charge >= 0.3 is 0 Å². The summed E-state index contributed by atoms with van der Waals surface area (Å²) in [5, 5.41) is 2.48. The SMILES string of the molecule is BrC(Br)(Br)C(Br)(Br)Sc1cccc2ccccc12. The van der Waals surface area contributed by atoms with Crippen LogP contribution in [0.3, 0.4) is 0 Å². The Bertz CT molecular complexity index is 556. The molecule has 18 heavy (non-hydrogen) atoms. The van der Waals surface area contributed by atoms with Gasteiger partial charge < -0.3 is 0 Å². The third-order valence-electron chi connectivity index (χ3n) is 2.32. The molecule has 96 valence electrons. The van der Waals surface area contributed by atoms with E-state index < -0.39 is 4.71 Å². The third-order valence-corrected chi connectivity index (χ3v) is 11.4. The molecule has 0 radical (unpaired) electrons. The third kappa shape index (κ3) is 3.55. The molecule has 0 aliphatic rings. The molecule has 0 nitrogen and oxygen atoms in total. The predicted octanol–water partition coefficient (Wildman–Crippen LogP) is 7.21. The molecule has 2 aromatic carbocycles. The highest BCUT2D eigenvalue weighted by Gasteiger charge is 2.44. The van der Waals surface area contributed by atoms with Crippen molar-refractivity contribution in [2.75, 3.05) is 0 Å². The van der Waals surface area contributed by atoms with Crippen molar-refractivity contribution in [1.29, 1.82) is 0 Å². The molecule has 2 rings (SSSR count). The lowest BCUT2D eigenvalue weighted by molar-refractivity contribution is 1.30. The molecular weight excluding hydrogens is 576 g/mol. The molecule has 0 bridgehead atoms. The maximum atomic E-state index is 3.66. The van der Waals surface area contributed by atoms with Gasteiger partial charge in [0.1, 0.15) is 0 Å². The van der Waals surface area contributed by atoms with Crippen molar-refractivity contribution in [3.05, 3.63) is 42.5 Å². The van der Waals surface area contributed by atoms with Crippen molar-refractivity contribution in [3.63, 3.8) is 0 Å². The second kappa shape index (κ2) is 6.06. The molecule has 0 aromatic heterocycles. The van der Waals surface area contributed by atoms with Gasteiger partial charge in [0.2, 0.25) is 0 Å². The van der Waals surface area contributed by atoms with Crippen LogP contribution in [0.4, 0.5) is 0 Å². The first-order chi connectivity index (χ1) is 8.31. The smallest absolute Gasteiger partial charge is 0.0922 e. The van der Waals surface area contributed by atoms with E-state index >= 15 is 0 Å². The molecule has 0 saturated carbocycles. The van der Waals surface area contributed by atoms with Gasteiger partial charge in [-0.25, -0.2) is 0 Å². The largest absolute Gasteiger partial charge is 0.169 e. The second-order valence-corrected chi connectivity index (χ2v) is 16.1. The topological polar surface area (TPSA) is 0 Å². The number of benzene rings is 2. The van der Waals surface area contributed by atoms with Crippen molar-refractivity contribution in [2.24, 2.45) is 0 Å². The van der Waals surface area contributed by atoms with Gasteiger partial charge in [-0.05, 0) is 16.8 Å². The molecule has 0 aliphatic heterocycles. The maximum absolute atomic E-state index is 3.66. The zero-order valence-electron chi connectivity index (χ0n) is 8.84. The van der Waals surface area contributed by atoms with E-state index in [1.54, 1.807) is 11.8 Å². The Kier molecular flexibility index (Phi) is 5.33. The van der Waals surface area contributed by atoms with E-state index in [0.717, 1.165) is 0 Å². The Morgan fingerprint density at radius 1 is 0.778 bits per heavy atom. The van der Waals surface area contributed by atoms with Gasteiger partial charge in [-0.2, -0.15) is 0 Å². The minimum Gasteiger partial charge on any atom is -0.0922 e. The van der Waals surface area contributed by atoms with Gasteiger partial charge in [0.15, 0.2) is 4.71 Å². The molecule has 0 saturated heterocycles. The average molecular weight is 583 g/mol. The van der Waals surface area contributed by atoms with Crippen molar-refractivity contribution in [3.8, 4) is 0 Å². The van der Waals surface area contributed by atoms with Gasteiger partial charge in [-0.15, -0.1) is 0 Å². The van der Waals surface area contributed by atoms with Crippen molar-refractivity contribution >= 4 is 102 Å². The van der Waals surface area contributed by atoms with Crippen LogP contribution in [-0.2, 0) is 0 Å². The van der Waals surface area contributed by atoms with E-state index in [1.807, 2.05) is 0 Å². The fourth-order valence-corrected chi connectivity index (χ4v) is 4.09. The molecule has 0 heterocycles. The summed E-state index contributed by atoms with van der Waals surface area (Å²) in [6.45, 7) is 0. The Morgan fingerprint density at radius 2 is 1.39 bits per heavy atom. The van der Waals surface area contributed by atoms with Crippen LogP contribution in [-0.4, -0.2) is 4.71 Å².